The molecular weight excluding hydrogens is 236 g/mol. The van der Waals surface area contributed by atoms with E-state index in [1.54, 1.807) is 13.0 Å². The minimum Gasteiger partial charge on any atom is -0.263 e. The van der Waals surface area contributed by atoms with E-state index in [-0.39, 0.29) is 11.3 Å². The summed E-state index contributed by atoms with van der Waals surface area (Å²) in [5.74, 6) is -3.11. The number of hydrogen-bond acceptors (Lipinski definition) is 2. The fourth-order valence-electron chi connectivity index (χ4n) is 1.91. The van der Waals surface area contributed by atoms with E-state index in [0.717, 1.165) is 10.6 Å². The van der Waals surface area contributed by atoms with Gasteiger partial charge in [-0.2, -0.15) is 8.78 Å². The number of fused-ring (bicyclic) bond motifs is 1. The lowest BCUT2D eigenvalue weighted by Gasteiger charge is -2.17. The van der Waals surface area contributed by atoms with Crippen LogP contribution in [-0.4, -0.2) is 21.2 Å². The van der Waals surface area contributed by atoms with Crippen molar-refractivity contribution in [1.29, 1.82) is 0 Å². The molecule has 0 unspecified atom stereocenters. The number of hydrogen-bond donors (Lipinski definition) is 0. The topological polar surface area (TPSA) is 37.4 Å². The molecule has 0 fully saturated rings. The zero-order valence-corrected chi connectivity index (χ0v) is 9.68. The molecule has 1 heterocycles. The summed E-state index contributed by atoms with van der Waals surface area (Å²) in [7, 11) is -3.66. The van der Waals surface area contributed by atoms with Crippen molar-refractivity contribution in [3.63, 3.8) is 0 Å². The minimum atomic E-state index is -3.66. The highest BCUT2D eigenvalue weighted by Crippen LogP contribution is 2.45. The zero-order valence-electron chi connectivity index (χ0n) is 8.87. The van der Waals surface area contributed by atoms with E-state index in [9.17, 15) is 17.2 Å². The molecule has 1 aromatic rings. The first-order valence-corrected chi connectivity index (χ1v) is 6.54. The number of anilines is 1. The zero-order chi connectivity index (χ0) is 12.1. The summed E-state index contributed by atoms with van der Waals surface area (Å²) in [5.41, 5.74) is 0.452. The maximum absolute atomic E-state index is 13.6. The summed E-state index contributed by atoms with van der Waals surface area (Å²) in [6.45, 7) is 0.824. The van der Waals surface area contributed by atoms with Crippen molar-refractivity contribution in [3.8, 4) is 0 Å². The summed E-state index contributed by atoms with van der Waals surface area (Å²) in [6, 6.07) is 4.40. The van der Waals surface area contributed by atoms with Crippen LogP contribution in [0.25, 0.3) is 0 Å². The summed E-state index contributed by atoms with van der Waals surface area (Å²) in [4.78, 5) is 0. The van der Waals surface area contributed by atoms with Gasteiger partial charge in [-0.15, -0.1) is 0 Å². The normalized spacial score (nSPS) is 18.6. The van der Waals surface area contributed by atoms with Gasteiger partial charge in [-0.1, -0.05) is 18.2 Å². The Bertz CT molecular complexity index is 540. The predicted octanol–water partition coefficient (Wildman–Crippen LogP) is 1.87. The molecule has 0 saturated heterocycles. The third-order valence-corrected chi connectivity index (χ3v) is 3.74. The van der Waals surface area contributed by atoms with Crippen molar-refractivity contribution >= 4 is 15.7 Å². The smallest absolute Gasteiger partial charge is 0.263 e. The fraction of sp³-hybridized carbons (Fsp3) is 0.400. The van der Waals surface area contributed by atoms with Gasteiger partial charge in [0.25, 0.3) is 5.92 Å². The lowest BCUT2D eigenvalue weighted by Crippen LogP contribution is -2.32. The highest BCUT2D eigenvalue weighted by Gasteiger charge is 2.47. The average molecular weight is 247 g/mol. The van der Waals surface area contributed by atoms with Crippen LogP contribution in [0, 0.1) is 6.92 Å². The first-order chi connectivity index (χ1) is 7.23. The maximum Gasteiger partial charge on any atom is 0.293 e. The predicted molar refractivity (Wildman–Crippen MR) is 57.3 cm³/mol. The first-order valence-electron chi connectivity index (χ1n) is 4.69. The number of benzene rings is 1. The van der Waals surface area contributed by atoms with E-state index in [0.29, 0.717) is 5.56 Å². The molecular formula is C10H11F2NO2S. The fourth-order valence-corrected chi connectivity index (χ4v) is 2.88. The van der Waals surface area contributed by atoms with Gasteiger partial charge in [0.2, 0.25) is 10.0 Å². The van der Waals surface area contributed by atoms with Crippen molar-refractivity contribution < 1.29 is 17.2 Å². The summed E-state index contributed by atoms with van der Waals surface area (Å²) in [6.07, 6.45) is 0.935. The van der Waals surface area contributed by atoms with Crippen LogP contribution < -0.4 is 4.31 Å². The van der Waals surface area contributed by atoms with E-state index in [1.807, 2.05) is 0 Å². The van der Waals surface area contributed by atoms with Gasteiger partial charge in [0, 0.05) is 5.56 Å². The molecule has 0 aromatic heterocycles. The molecule has 0 atom stereocenters. The van der Waals surface area contributed by atoms with Gasteiger partial charge in [0.1, 0.15) is 6.54 Å². The van der Waals surface area contributed by atoms with Crippen LogP contribution in [0.5, 0.6) is 0 Å². The summed E-state index contributed by atoms with van der Waals surface area (Å²) < 4.78 is 50.8. The Labute approximate surface area is 92.7 Å². The van der Waals surface area contributed by atoms with Crippen molar-refractivity contribution in [3.05, 3.63) is 29.3 Å². The SMILES string of the molecule is Cc1cccc2c1N(S(C)(=O)=O)CC2(F)F. The average Bonchev–Trinajstić information content (AvgIpc) is 2.39. The standard InChI is InChI=1S/C10H11F2NO2S/c1-7-4-3-5-8-9(7)13(16(2,14)15)6-10(8,11)12/h3-5H,6H2,1-2H3. The van der Waals surface area contributed by atoms with Crippen molar-refractivity contribution in [2.24, 2.45) is 0 Å². The minimum absolute atomic E-state index is 0.120. The van der Waals surface area contributed by atoms with Crippen LogP contribution in [0.1, 0.15) is 11.1 Å². The van der Waals surface area contributed by atoms with E-state index >= 15 is 0 Å². The number of rotatable bonds is 1. The third-order valence-electron chi connectivity index (χ3n) is 2.62. The Kier molecular flexibility index (Phi) is 2.24. The van der Waals surface area contributed by atoms with Gasteiger partial charge in [0.05, 0.1) is 11.9 Å². The molecule has 0 radical (unpaired) electrons. The lowest BCUT2D eigenvalue weighted by atomic mass is 10.1. The van der Waals surface area contributed by atoms with Gasteiger partial charge in [0.15, 0.2) is 0 Å². The molecule has 0 bridgehead atoms. The quantitative estimate of drug-likeness (QED) is 0.759. The van der Waals surface area contributed by atoms with E-state index in [4.69, 9.17) is 0 Å². The van der Waals surface area contributed by atoms with Crippen molar-refractivity contribution in [2.45, 2.75) is 12.8 Å². The molecule has 6 heteroatoms. The Hall–Kier alpha value is -1.17. The monoisotopic (exact) mass is 247 g/mol. The van der Waals surface area contributed by atoms with Crippen LogP contribution in [0.2, 0.25) is 0 Å². The molecule has 3 nitrogen and oxygen atoms in total. The molecule has 88 valence electrons. The maximum atomic E-state index is 13.6. The van der Waals surface area contributed by atoms with Crippen LogP contribution in [0.4, 0.5) is 14.5 Å². The second kappa shape index (κ2) is 3.16. The molecule has 2 rings (SSSR count). The molecule has 0 spiro atoms. The number of sulfonamides is 1. The molecule has 0 amide bonds. The highest BCUT2D eigenvalue weighted by atomic mass is 32.2. The van der Waals surface area contributed by atoms with E-state index in [1.165, 1.54) is 12.1 Å². The lowest BCUT2D eigenvalue weighted by molar-refractivity contribution is 0.0162. The Morgan fingerprint density at radius 3 is 2.56 bits per heavy atom. The van der Waals surface area contributed by atoms with E-state index in [2.05, 4.69) is 0 Å². The summed E-state index contributed by atoms with van der Waals surface area (Å²) >= 11 is 0. The van der Waals surface area contributed by atoms with Gasteiger partial charge in [-0.25, -0.2) is 8.42 Å². The Balaban J connectivity index is 2.71. The number of alkyl halides is 2. The summed E-state index contributed by atoms with van der Waals surface area (Å²) in [5, 5.41) is 0. The second-order valence-corrected chi connectivity index (χ2v) is 5.85. The van der Waals surface area contributed by atoms with Crippen molar-refractivity contribution in [2.75, 3.05) is 17.1 Å². The number of aryl methyl sites for hydroxylation is 1. The molecule has 0 saturated carbocycles. The van der Waals surface area contributed by atoms with Gasteiger partial charge >= 0.3 is 0 Å². The molecule has 0 aliphatic carbocycles. The van der Waals surface area contributed by atoms with E-state index < -0.39 is 22.5 Å². The van der Waals surface area contributed by atoms with Crippen LogP contribution in [0.15, 0.2) is 18.2 Å². The van der Waals surface area contributed by atoms with Crippen LogP contribution in [-0.2, 0) is 15.9 Å². The van der Waals surface area contributed by atoms with Gasteiger partial charge < -0.3 is 0 Å². The second-order valence-electron chi connectivity index (χ2n) is 3.95. The molecule has 0 N–H and O–H groups in total. The molecule has 1 aromatic carbocycles. The van der Waals surface area contributed by atoms with Gasteiger partial charge in [-0.3, -0.25) is 4.31 Å². The molecule has 16 heavy (non-hydrogen) atoms. The first kappa shape index (κ1) is 11.3. The van der Waals surface area contributed by atoms with Crippen molar-refractivity contribution in [1.82, 2.24) is 0 Å². The number of halogens is 2. The van der Waals surface area contributed by atoms with Crippen LogP contribution >= 0.6 is 0 Å². The third kappa shape index (κ3) is 1.57. The van der Waals surface area contributed by atoms with Crippen LogP contribution in [0.3, 0.4) is 0 Å². The molecule has 1 aliphatic rings. The Morgan fingerprint density at radius 2 is 2.00 bits per heavy atom. The highest BCUT2D eigenvalue weighted by molar-refractivity contribution is 7.92. The molecule has 1 aliphatic heterocycles. The number of para-hydroxylation sites is 1. The Morgan fingerprint density at radius 1 is 1.38 bits per heavy atom. The van der Waals surface area contributed by atoms with Gasteiger partial charge in [-0.05, 0) is 12.5 Å². The largest absolute Gasteiger partial charge is 0.293 e. The number of nitrogens with zero attached hydrogens (tertiary/aromatic N) is 1.